The number of aliphatic carboxylic acids is 1. The molecular formula is C16H31NO3. The summed E-state index contributed by atoms with van der Waals surface area (Å²) in [6.45, 7) is 8.40. The van der Waals surface area contributed by atoms with Crippen LogP contribution in [0.25, 0.3) is 0 Å². The molecule has 20 heavy (non-hydrogen) atoms. The Kier molecular flexibility index (Phi) is 6.96. The molecule has 0 aromatic carbocycles. The summed E-state index contributed by atoms with van der Waals surface area (Å²) < 4.78 is 5.12. The maximum atomic E-state index is 11.0. The first kappa shape index (κ1) is 17.4. The number of hydrogen-bond donors (Lipinski definition) is 1. The molecule has 0 saturated heterocycles. The van der Waals surface area contributed by atoms with Crippen LogP contribution < -0.4 is 0 Å². The highest BCUT2D eigenvalue weighted by molar-refractivity contribution is 5.69. The van der Waals surface area contributed by atoms with Crippen LogP contribution in [0.2, 0.25) is 0 Å². The number of ether oxygens (including phenoxy) is 1. The lowest BCUT2D eigenvalue weighted by molar-refractivity contribution is -0.139. The van der Waals surface area contributed by atoms with Crippen LogP contribution >= 0.6 is 0 Å². The first-order chi connectivity index (χ1) is 9.34. The molecule has 1 aliphatic carbocycles. The van der Waals surface area contributed by atoms with Gasteiger partial charge in [0.05, 0.1) is 13.2 Å². The molecule has 1 saturated carbocycles. The van der Waals surface area contributed by atoms with E-state index in [0.717, 1.165) is 18.8 Å². The highest BCUT2D eigenvalue weighted by Gasteiger charge is 2.30. The van der Waals surface area contributed by atoms with Crippen LogP contribution in [0.4, 0.5) is 0 Å². The average Bonchev–Trinajstić information content (AvgIpc) is 2.59. The van der Waals surface area contributed by atoms with Crippen molar-refractivity contribution in [2.24, 2.45) is 11.3 Å². The second-order valence-electron chi connectivity index (χ2n) is 7.08. The van der Waals surface area contributed by atoms with Crippen LogP contribution in [-0.4, -0.2) is 48.8 Å². The summed E-state index contributed by atoms with van der Waals surface area (Å²) in [7, 11) is 1.67. The summed E-state index contributed by atoms with van der Waals surface area (Å²) in [5.74, 6) is 0.0133. The molecule has 1 rings (SSSR count). The fourth-order valence-electron chi connectivity index (χ4n) is 3.29. The molecule has 0 heterocycles. The van der Waals surface area contributed by atoms with E-state index in [1.165, 1.54) is 19.3 Å². The summed E-state index contributed by atoms with van der Waals surface area (Å²) in [6.07, 6.45) is 5.90. The van der Waals surface area contributed by atoms with Gasteiger partial charge in [-0.05, 0) is 37.0 Å². The van der Waals surface area contributed by atoms with Crippen molar-refractivity contribution < 1.29 is 14.6 Å². The first-order valence-electron chi connectivity index (χ1n) is 7.79. The zero-order valence-electron chi connectivity index (χ0n) is 13.5. The maximum Gasteiger partial charge on any atom is 0.317 e. The van der Waals surface area contributed by atoms with Crippen molar-refractivity contribution in [3.8, 4) is 0 Å². The third-order valence-electron chi connectivity index (χ3n) is 4.60. The molecule has 1 fully saturated rings. The van der Waals surface area contributed by atoms with Gasteiger partial charge in [0.1, 0.15) is 0 Å². The maximum absolute atomic E-state index is 11.0. The van der Waals surface area contributed by atoms with Crippen LogP contribution in [0, 0.1) is 11.3 Å². The number of carboxylic acids is 1. The SMILES string of the molecule is COCCN(CC(=O)O)C1CCCC(C(C)(C)C)CC1. The molecule has 1 aliphatic rings. The number of methoxy groups -OCH3 is 1. The molecule has 4 heteroatoms. The molecule has 0 aromatic rings. The Morgan fingerprint density at radius 2 is 1.95 bits per heavy atom. The van der Waals surface area contributed by atoms with Crippen molar-refractivity contribution in [2.75, 3.05) is 26.8 Å². The van der Waals surface area contributed by atoms with Crippen LogP contribution in [-0.2, 0) is 9.53 Å². The highest BCUT2D eigenvalue weighted by atomic mass is 16.5. The van der Waals surface area contributed by atoms with Gasteiger partial charge in [-0.1, -0.05) is 27.2 Å². The lowest BCUT2D eigenvalue weighted by Crippen LogP contribution is -2.41. The number of carboxylic acid groups (broad SMARTS) is 1. The van der Waals surface area contributed by atoms with Gasteiger partial charge < -0.3 is 9.84 Å². The van der Waals surface area contributed by atoms with Gasteiger partial charge in [-0.25, -0.2) is 0 Å². The number of nitrogens with zero attached hydrogens (tertiary/aromatic N) is 1. The minimum atomic E-state index is -0.738. The third-order valence-corrected chi connectivity index (χ3v) is 4.60. The van der Waals surface area contributed by atoms with E-state index < -0.39 is 5.97 Å². The molecule has 0 aromatic heterocycles. The van der Waals surface area contributed by atoms with Crippen molar-refractivity contribution in [3.05, 3.63) is 0 Å². The predicted molar refractivity (Wildman–Crippen MR) is 80.9 cm³/mol. The number of carbonyl (C=O) groups is 1. The Morgan fingerprint density at radius 3 is 2.50 bits per heavy atom. The van der Waals surface area contributed by atoms with Gasteiger partial charge in [0.25, 0.3) is 0 Å². The molecule has 2 atom stereocenters. The second-order valence-corrected chi connectivity index (χ2v) is 7.08. The van der Waals surface area contributed by atoms with E-state index in [4.69, 9.17) is 9.84 Å². The highest BCUT2D eigenvalue weighted by Crippen LogP contribution is 2.37. The lowest BCUT2D eigenvalue weighted by atomic mass is 9.76. The minimum absolute atomic E-state index is 0.133. The zero-order valence-corrected chi connectivity index (χ0v) is 13.5. The van der Waals surface area contributed by atoms with E-state index >= 15 is 0 Å². The summed E-state index contributed by atoms with van der Waals surface area (Å²) >= 11 is 0. The van der Waals surface area contributed by atoms with Gasteiger partial charge in [0.15, 0.2) is 0 Å². The van der Waals surface area contributed by atoms with E-state index in [0.29, 0.717) is 24.6 Å². The largest absolute Gasteiger partial charge is 0.480 e. The molecule has 0 amide bonds. The molecule has 0 radical (unpaired) electrons. The van der Waals surface area contributed by atoms with Crippen LogP contribution in [0.3, 0.4) is 0 Å². The van der Waals surface area contributed by atoms with Crippen LogP contribution in [0.5, 0.6) is 0 Å². The standard InChI is InChI=1S/C16H31NO3/c1-16(2,3)13-6-5-7-14(9-8-13)17(10-11-20-4)12-15(18)19/h13-14H,5-12H2,1-4H3,(H,18,19). The Morgan fingerprint density at radius 1 is 1.25 bits per heavy atom. The van der Waals surface area contributed by atoms with Crippen LogP contribution in [0.15, 0.2) is 0 Å². The molecule has 1 N–H and O–H groups in total. The van der Waals surface area contributed by atoms with Gasteiger partial charge in [0, 0.05) is 19.7 Å². The number of hydrogen-bond acceptors (Lipinski definition) is 3. The van der Waals surface area contributed by atoms with Gasteiger partial charge >= 0.3 is 5.97 Å². The van der Waals surface area contributed by atoms with Crippen molar-refractivity contribution >= 4 is 5.97 Å². The van der Waals surface area contributed by atoms with E-state index in [2.05, 4.69) is 25.7 Å². The molecule has 0 aliphatic heterocycles. The van der Waals surface area contributed by atoms with Crippen molar-refractivity contribution in [1.82, 2.24) is 4.90 Å². The van der Waals surface area contributed by atoms with E-state index in [9.17, 15) is 4.79 Å². The average molecular weight is 285 g/mol. The van der Waals surface area contributed by atoms with Gasteiger partial charge in [-0.2, -0.15) is 0 Å². The lowest BCUT2D eigenvalue weighted by Gasteiger charge is -2.31. The van der Waals surface area contributed by atoms with Gasteiger partial charge in [-0.15, -0.1) is 0 Å². The topological polar surface area (TPSA) is 49.8 Å². The smallest absolute Gasteiger partial charge is 0.317 e. The molecule has 0 bridgehead atoms. The molecule has 2 unspecified atom stereocenters. The molecule has 4 nitrogen and oxygen atoms in total. The quantitative estimate of drug-likeness (QED) is 0.762. The summed E-state index contributed by atoms with van der Waals surface area (Å²) in [4.78, 5) is 13.1. The Bertz CT molecular complexity index is 299. The first-order valence-corrected chi connectivity index (χ1v) is 7.79. The Balaban J connectivity index is 2.60. The predicted octanol–water partition coefficient (Wildman–Crippen LogP) is 3.01. The Hall–Kier alpha value is -0.610. The van der Waals surface area contributed by atoms with Crippen molar-refractivity contribution in [1.29, 1.82) is 0 Å². The normalized spacial score (nSPS) is 24.6. The minimum Gasteiger partial charge on any atom is -0.480 e. The molecular weight excluding hydrogens is 254 g/mol. The summed E-state index contributed by atoms with van der Waals surface area (Å²) in [6, 6.07) is 0.397. The van der Waals surface area contributed by atoms with Gasteiger partial charge in [-0.3, -0.25) is 9.69 Å². The van der Waals surface area contributed by atoms with E-state index in [1.807, 2.05) is 0 Å². The van der Waals surface area contributed by atoms with E-state index in [1.54, 1.807) is 7.11 Å². The fourth-order valence-corrected chi connectivity index (χ4v) is 3.29. The Labute approximate surface area is 123 Å². The second kappa shape index (κ2) is 7.99. The molecule has 118 valence electrons. The van der Waals surface area contributed by atoms with Crippen LogP contribution in [0.1, 0.15) is 52.9 Å². The van der Waals surface area contributed by atoms with Crippen molar-refractivity contribution in [2.45, 2.75) is 58.9 Å². The zero-order chi connectivity index (χ0) is 15.2. The summed E-state index contributed by atoms with van der Waals surface area (Å²) in [5.41, 5.74) is 0.360. The van der Waals surface area contributed by atoms with Crippen molar-refractivity contribution in [3.63, 3.8) is 0 Å². The van der Waals surface area contributed by atoms with E-state index in [-0.39, 0.29) is 6.54 Å². The van der Waals surface area contributed by atoms with Gasteiger partial charge in [0.2, 0.25) is 0 Å². The number of rotatable bonds is 6. The monoisotopic (exact) mass is 285 g/mol. The summed E-state index contributed by atoms with van der Waals surface area (Å²) in [5, 5.41) is 9.08. The fraction of sp³-hybridized carbons (Fsp3) is 0.938. The molecule has 0 spiro atoms. The third kappa shape index (κ3) is 5.80.